The second kappa shape index (κ2) is 14.7. The summed E-state index contributed by atoms with van der Waals surface area (Å²) >= 11 is 0. The molecule has 0 radical (unpaired) electrons. The van der Waals surface area contributed by atoms with Crippen LogP contribution in [-0.4, -0.2) is 24.5 Å². The molecule has 0 N–H and O–H groups in total. The molecule has 0 saturated carbocycles. The first-order valence-corrected chi connectivity index (χ1v) is 20.1. The van der Waals surface area contributed by atoms with Crippen molar-refractivity contribution in [2.24, 2.45) is 0 Å². The lowest BCUT2D eigenvalue weighted by Crippen LogP contribution is -2.07. The van der Waals surface area contributed by atoms with Crippen molar-refractivity contribution in [3.05, 3.63) is 187 Å². The second-order valence-corrected chi connectivity index (χ2v) is 15.1. The van der Waals surface area contributed by atoms with Crippen molar-refractivity contribution in [2.45, 2.75) is 33.1 Å². The number of para-hydroxylation sites is 2. The van der Waals surface area contributed by atoms with Gasteiger partial charge in [-0.25, -0.2) is 19.9 Å². The molecule has 0 amide bonds. The molecule has 0 spiro atoms. The zero-order chi connectivity index (χ0) is 39.2. The van der Waals surface area contributed by atoms with Crippen LogP contribution in [0.2, 0.25) is 0 Å². The molecule has 3 heterocycles. The van der Waals surface area contributed by atoms with Gasteiger partial charge in [-0.05, 0) is 77.9 Å². The third-order valence-electron chi connectivity index (χ3n) is 11.4. The smallest absolute Gasteiger partial charge is 0.162 e. The maximum atomic E-state index is 5.35. The van der Waals surface area contributed by atoms with Gasteiger partial charge in [0.1, 0.15) is 5.82 Å². The van der Waals surface area contributed by atoms with Crippen LogP contribution in [0.1, 0.15) is 37.4 Å². The lowest BCUT2D eigenvalue weighted by atomic mass is 9.87. The highest BCUT2D eigenvalue weighted by molar-refractivity contribution is 6.11. The van der Waals surface area contributed by atoms with E-state index < -0.39 is 0 Å². The Bertz CT molecular complexity index is 3120. The number of hydrogen-bond acceptors (Lipinski definition) is 4. The van der Waals surface area contributed by atoms with Gasteiger partial charge in [0, 0.05) is 38.4 Å². The predicted octanol–water partition coefficient (Wildman–Crippen LogP) is 13.7. The summed E-state index contributed by atoms with van der Waals surface area (Å²) in [6, 6.07) is 61.7. The second-order valence-electron chi connectivity index (χ2n) is 15.1. The van der Waals surface area contributed by atoms with Crippen LogP contribution in [0.3, 0.4) is 0 Å². The number of aromatic nitrogens is 5. The normalized spacial score (nSPS) is 12.1. The first-order valence-electron chi connectivity index (χ1n) is 20.1. The molecular weight excluding hydrogens is 707 g/mol. The molecule has 58 heavy (non-hydrogen) atoms. The Kier molecular flexibility index (Phi) is 8.91. The van der Waals surface area contributed by atoms with Crippen LogP contribution in [0.25, 0.3) is 94.8 Å². The molecule has 278 valence electrons. The van der Waals surface area contributed by atoms with Crippen molar-refractivity contribution < 1.29 is 0 Å². The Morgan fingerprint density at radius 1 is 0.483 bits per heavy atom. The van der Waals surface area contributed by atoms with Gasteiger partial charge in [0.05, 0.1) is 27.9 Å². The van der Waals surface area contributed by atoms with E-state index in [-0.39, 0.29) is 5.92 Å². The van der Waals surface area contributed by atoms with Crippen LogP contribution in [0.4, 0.5) is 0 Å². The van der Waals surface area contributed by atoms with Crippen LogP contribution < -0.4 is 0 Å². The Morgan fingerprint density at radius 3 is 1.76 bits per heavy atom. The van der Waals surface area contributed by atoms with Crippen molar-refractivity contribution in [3.63, 3.8) is 0 Å². The summed E-state index contributed by atoms with van der Waals surface area (Å²) in [5.41, 5.74) is 13.9. The van der Waals surface area contributed by atoms with Crippen molar-refractivity contribution >= 4 is 32.7 Å². The van der Waals surface area contributed by atoms with Gasteiger partial charge in [-0.15, -0.1) is 0 Å². The van der Waals surface area contributed by atoms with E-state index in [2.05, 4.69) is 171 Å². The molecule has 0 aliphatic carbocycles. The van der Waals surface area contributed by atoms with Crippen molar-refractivity contribution in [1.82, 2.24) is 24.5 Å². The van der Waals surface area contributed by atoms with Crippen LogP contribution in [0.5, 0.6) is 0 Å². The van der Waals surface area contributed by atoms with Crippen molar-refractivity contribution in [2.75, 3.05) is 0 Å². The molecule has 0 aliphatic heterocycles. The summed E-state index contributed by atoms with van der Waals surface area (Å²) in [5.74, 6) is 2.54. The minimum absolute atomic E-state index is 0.216. The van der Waals surface area contributed by atoms with E-state index in [1.807, 2.05) is 30.3 Å². The van der Waals surface area contributed by atoms with Crippen molar-refractivity contribution in [1.29, 1.82) is 0 Å². The Hall–Kier alpha value is -7.24. The van der Waals surface area contributed by atoms with Crippen LogP contribution >= 0.6 is 0 Å². The standard InChI is InChI=1S/C53H41N5/c1-4-34(2)49-48(50(36-18-8-5-9-19-36)56-52(55-49)38-22-12-7-13-23-38)43-32-39(29-28-35(43)3)40-30-31-47-44(33-40)41-24-15-17-27-46(41)58(47)53-42-25-14-16-26-45(42)54-51(57-53)37-20-10-6-11-21-37/h5-34H,4H2,1-3H3. The fourth-order valence-corrected chi connectivity index (χ4v) is 8.21. The van der Waals surface area contributed by atoms with E-state index in [9.17, 15) is 0 Å². The Balaban J connectivity index is 1.18. The summed E-state index contributed by atoms with van der Waals surface area (Å²) in [7, 11) is 0. The minimum Gasteiger partial charge on any atom is -0.293 e. The van der Waals surface area contributed by atoms with Gasteiger partial charge in [0.15, 0.2) is 11.6 Å². The molecule has 5 heteroatoms. The number of fused-ring (bicyclic) bond motifs is 4. The van der Waals surface area contributed by atoms with Crippen molar-refractivity contribution in [3.8, 4) is 62.1 Å². The van der Waals surface area contributed by atoms with Crippen LogP contribution in [0.15, 0.2) is 176 Å². The van der Waals surface area contributed by atoms with Crippen LogP contribution in [0, 0.1) is 6.92 Å². The van der Waals surface area contributed by atoms with E-state index in [0.29, 0.717) is 5.82 Å². The first-order chi connectivity index (χ1) is 28.6. The summed E-state index contributed by atoms with van der Waals surface area (Å²) in [5, 5.41) is 3.34. The molecule has 0 fully saturated rings. The molecule has 7 aromatic carbocycles. The van der Waals surface area contributed by atoms with Gasteiger partial charge in [-0.1, -0.05) is 153 Å². The molecular formula is C53H41N5. The maximum Gasteiger partial charge on any atom is 0.162 e. The van der Waals surface area contributed by atoms with Gasteiger partial charge in [-0.2, -0.15) is 0 Å². The Labute approximate surface area is 338 Å². The van der Waals surface area contributed by atoms with Gasteiger partial charge < -0.3 is 0 Å². The third kappa shape index (κ3) is 6.12. The quantitative estimate of drug-likeness (QED) is 0.155. The zero-order valence-corrected chi connectivity index (χ0v) is 32.8. The fourth-order valence-electron chi connectivity index (χ4n) is 8.21. The van der Waals surface area contributed by atoms with E-state index in [1.165, 1.54) is 16.3 Å². The first kappa shape index (κ1) is 35.2. The average molecular weight is 748 g/mol. The van der Waals surface area contributed by atoms with Gasteiger partial charge in [-0.3, -0.25) is 4.57 Å². The summed E-state index contributed by atoms with van der Waals surface area (Å²) in [6.45, 7) is 6.72. The van der Waals surface area contributed by atoms with E-state index in [4.69, 9.17) is 19.9 Å². The minimum atomic E-state index is 0.216. The molecule has 0 saturated heterocycles. The SMILES string of the molecule is CCC(C)c1nc(-c2ccccc2)nc(-c2ccccc2)c1-c1cc(-c2ccc3c(c2)c2ccccc2n3-c2nc(-c3ccccc3)nc3ccccc23)ccc1C. The molecule has 1 unspecified atom stereocenters. The molecule has 0 bridgehead atoms. The van der Waals surface area contributed by atoms with Gasteiger partial charge in [0.25, 0.3) is 0 Å². The number of benzene rings is 7. The number of aryl methyl sites for hydroxylation is 1. The molecule has 0 aliphatic rings. The largest absolute Gasteiger partial charge is 0.293 e. The lowest BCUT2D eigenvalue weighted by molar-refractivity contribution is 0.708. The zero-order valence-electron chi connectivity index (χ0n) is 32.8. The summed E-state index contributed by atoms with van der Waals surface area (Å²) < 4.78 is 2.31. The number of nitrogens with zero attached hydrogens (tertiary/aromatic N) is 5. The molecule has 5 nitrogen and oxygen atoms in total. The monoisotopic (exact) mass is 747 g/mol. The molecule has 10 rings (SSSR count). The predicted molar refractivity (Wildman–Crippen MR) is 240 cm³/mol. The van der Waals surface area contributed by atoms with E-state index in [1.54, 1.807) is 0 Å². The van der Waals surface area contributed by atoms with E-state index >= 15 is 0 Å². The average Bonchev–Trinajstić information content (AvgIpc) is 3.62. The Morgan fingerprint density at radius 2 is 1.05 bits per heavy atom. The molecule has 3 aromatic heterocycles. The van der Waals surface area contributed by atoms with E-state index in [0.717, 1.165) is 90.3 Å². The summed E-state index contributed by atoms with van der Waals surface area (Å²) in [4.78, 5) is 21.0. The molecule has 1 atom stereocenters. The lowest BCUT2D eigenvalue weighted by Gasteiger charge is -2.21. The van der Waals surface area contributed by atoms with Gasteiger partial charge in [0.2, 0.25) is 0 Å². The van der Waals surface area contributed by atoms with Gasteiger partial charge >= 0.3 is 0 Å². The topological polar surface area (TPSA) is 56.5 Å². The highest BCUT2D eigenvalue weighted by Crippen LogP contribution is 2.42. The number of hydrogen-bond donors (Lipinski definition) is 0. The molecule has 10 aromatic rings. The van der Waals surface area contributed by atoms with Crippen LogP contribution in [-0.2, 0) is 0 Å². The highest BCUT2D eigenvalue weighted by atomic mass is 15.1. The number of rotatable bonds is 8. The fraction of sp³-hybridized carbons (Fsp3) is 0.0943. The maximum absolute atomic E-state index is 5.35. The summed E-state index contributed by atoms with van der Waals surface area (Å²) in [6.07, 6.45) is 0.959. The third-order valence-corrected chi connectivity index (χ3v) is 11.4. The highest BCUT2D eigenvalue weighted by Gasteiger charge is 2.24.